The molecule has 0 aromatic carbocycles. The number of hydrazine groups is 1. The molecular formula is C10H22N4O. The number of hydrogen-bond acceptors (Lipinski definition) is 3. The largest absolute Gasteiger partial charge is 0.378 e. The van der Waals surface area contributed by atoms with Crippen LogP contribution in [-0.2, 0) is 4.74 Å². The average Bonchev–Trinajstić information content (AvgIpc) is 2.68. The van der Waals surface area contributed by atoms with E-state index in [-0.39, 0.29) is 0 Å². The Morgan fingerprint density at radius 1 is 1.60 bits per heavy atom. The second kappa shape index (κ2) is 6.63. The highest BCUT2D eigenvalue weighted by Gasteiger charge is 2.14. The van der Waals surface area contributed by atoms with E-state index in [1.165, 1.54) is 12.8 Å². The van der Waals surface area contributed by atoms with Crippen LogP contribution in [0.5, 0.6) is 0 Å². The Bertz CT molecular complexity index is 200. The maximum absolute atomic E-state index is 5.51. The first kappa shape index (κ1) is 12.3. The predicted molar refractivity (Wildman–Crippen MR) is 61.5 cm³/mol. The third-order valence-electron chi connectivity index (χ3n) is 2.31. The molecule has 0 amide bonds. The van der Waals surface area contributed by atoms with Crippen molar-refractivity contribution in [2.75, 3.05) is 13.2 Å². The van der Waals surface area contributed by atoms with Crippen molar-refractivity contribution >= 4 is 5.96 Å². The molecule has 0 radical (unpaired) electrons. The van der Waals surface area contributed by atoms with Crippen molar-refractivity contribution in [1.29, 1.82) is 0 Å². The van der Waals surface area contributed by atoms with Crippen LogP contribution in [-0.4, -0.2) is 31.3 Å². The molecule has 1 fully saturated rings. The third-order valence-corrected chi connectivity index (χ3v) is 2.31. The Kier molecular flexibility index (Phi) is 5.42. The number of nitrogens with zero attached hydrogens (tertiary/aromatic N) is 1. The molecule has 1 rings (SSSR count). The number of rotatable bonds is 4. The Morgan fingerprint density at radius 2 is 2.40 bits per heavy atom. The number of hydrogen-bond donors (Lipinski definition) is 3. The van der Waals surface area contributed by atoms with Crippen molar-refractivity contribution < 1.29 is 4.74 Å². The van der Waals surface area contributed by atoms with Crippen molar-refractivity contribution in [3.63, 3.8) is 0 Å². The number of guanidine groups is 1. The fourth-order valence-corrected chi connectivity index (χ4v) is 1.60. The molecule has 5 heteroatoms. The first-order chi connectivity index (χ1) is 7.22. The molecule has 0 aliphatic carbocycles. The molecule has 0 bridgehead atoms. The smallest absolute Gasteiger partial charge is 0.205 e. The Balaban J connectivity index is 2.20. The van der Waals surface area contributed by atoms with Gasteiger partial charge in [0.1, 0.15) is 0 Å². The molecular weight excluding hydrogens is 192 g/mol. The quantitative estimate of drug-likeness (QED) is 0.274. The Morgan fingerprint density at radius 3 is 2.93 bits per heavy atom. The van der Waals surface area contributed by atoms with Gasteiger partial charge in [0.25, 0.3) is 0 Å². The van der Waals surface area contributed by atoms with Crippen LogP contribution in [0.3, 0.4) is 0 Å². The monoisotopic (exact) mass is 214 g/mol. The van der Waals surface area contributed by atoms with E-state index in [0.717, 1.165) is 19.6 Å². The van der Waals surface area contributed by atoms with Crippen LogP contribution in [0.2, 0.25) is 0 Å². The van der Waals surface area contributed by atoms with E-state index in [9.17, 15) is 0 Å². The zero-order valence-corrected chi connectivity index (χ0v) is 9.62. The summed E-state index contributed by atoms with van der Waals surface area (Å²) in [6.07, 6.45) is 3.72. The predicted octanol–water partition coefficient (Wildman–Crippen LogP) is 0.373. The van der Waals surface area contributed by atoms with Crippen molar-refractivity contribution in [3.05, 3.63) is 0 Å². The van der Waals surface area contributed by atoms with Crippen LogP contribution in [0.1, 0.15) is 33.1 Å². The lowest BCUT2D eigenvalue weighted by Crippen LogP contribution is -2.44. The molecule has 1 aliphatic heterocycles. The van der Waals surface area contributed by atoms with Gasteiger partial charge in [-0.25, -0.2) is 5.84 Å². The van der Waals surface area contributed by atoms with Crippen molar-refractivity contribution in [1.82, 2.24) is 10.7 Å². The van der Waals surface area contributed by atoms with Crippen molar-refractivity contribution in [2.45, 2.75) is 45.3 Å². The minimum absolute atomic E-state index is 0.336. The van der Waals surface area contributed by atoms with Crippen LogP contribution in [0.15, 0.2) is 4.99 Å². The topological polar surface area (TPSA) is 71.7 Å². The van der Waals surface area contributed by atoms with Crippen LogP contribution in [0.4, 0.5) is 0 Å². The molecule has 1 unspecified atom stereocenters. The molecule has 0 spiro atoms. The SMILES string of the molecule is CC(C)NC(=NCCC1CCCO1)NN. The van der Waals surface area contributed by atoms with Crippen molar-refractivity contribution in [3.8, 4) is 0 Å². The summed E-state index contributed by atoms with van der Waals surface area (Å²) in [5, 5.41) is 3.13. The number of aliphatic imine (C=N–C) groups is 1. The third kappa shape index (κ3) is 4.99. The van der Waals surface area contributed by atoms with Gasteiger partial charge in [-0.15, -0.1) is 0 Å². The lowest BCUT2D eigenvalue weighted by Gasteiger charge is -2.12. The summed E-state index contributed by atoms with van der Waals surface area (Å²) in [4.78, 5) is 4.34. The summed E-state index contributed by atoms with van der Waals surface area (Å²) in [7, 11) is 0. The zero-order valence-electron chi connectivity index (χ0n) is 9.62. The molecule has 0 aromatic heterocycles. The second-order valence-corrected chi connectivity index (χ2v) is 4.10. The van der Waals surface area contributed by atoms with E-state index < -0.39 is 0 Å². The molecule has 15 heavy (non-hydrogen) atoms. The highest BCUT2D eigenvalue weighted by atomic mass is 16.5. The van der Waals surface area contributed by atoms with Crippen LogP contribution >= 0.6 is 0 Å². The number of nitrogens with two attached hydrogens (primary N) is 1. The fraction of sp³-hybridized carbons (Fsp3) is 0.900. The van der Waals surface area contributed by atoms with Gasteiger partial charge in [0.05, 0.1) is 6.10 Å². The molecule has 1 heterocycles. The molecule has 0 aromatic rings. The summed E-state index contributed by atoms with van der Waals surface area (Å²) >= 11 is 0. The summed E-state index contributed by atoms with van der Waals surface area (Å²) < 4.78 is 5.51. The molecule has 88 valence electrons. The van der Waals surface area contributed by atoms with E-state index in [0.29, 0.717) is 18.1 Å². The Labute approximate surface area is 91.4 Å². The van der Waals surface area contributed by atoms with E-state index in [2.05, 4.69) is 15.7 Å². The van der Waals surface area contributed by atoms with Gasteiger partial charge in [-0.3, -0.25) is 10.4 Å². The van der Waals surface area contributed by atoms with Gasteiger partial charge >= 0.3 is 0 Å². The fourth-order valence-electron chi connectivity index (χ4n) is 1.60. The lowest BCUT2D eigenvalue weighted by atomic mass is 10.2. The molecule has 1 aliphatic rings. The molecule has 1 saturated heterocycles. The normalized spacial score (nSPS) is 22.1. The zero-order chi connectivity index (χ0) is 11.1. The van der Waals surface area contributed by atoms with Crippen LogP contribution in [0, 0.1) is 0 Å². The van der Waals surface area contributed by atoms with Gasteiger partial charge in [0.2, 0.25) is 5.96 Å². The first-order valence-electron chi connectivity index (χ1n) is 5.61. The number of ether oxygens (including phenoxy) is 1. The van der Waals surface area contributed by atoms with Crippen LogP contribution < -0.4 is 16.6 Å². The van der Waals surface area contributed by atoms with E-state index >= 15 is 0 Å². The maximum atomic E-state index is 5.51. The van der Waals surface area contributed by atoms with Gasteiger partial charge in [0.15, 0.2) is 0 Å². The summed E-state index contributed by atoms with van der Waals surface area (Å²) in [5.74, 6) is 6.00. The molecule has 4 N–H and O–H groups in total. The lowest BCUT2D eigenvalue weighted by molar-refractivity contribution is 0.106. The van der Waals surface area contributed by atoms with Gasteiger partial charge < -0.3 is 10.1 Å². The molecule has 5 nitrogen and oxygen atoms in total. The summed E-state index contributed by atoms with van der Waals surface area (Å²) in [5.41, 5.74) is 2.56. The van der Waals surface area contributed by atoms with Gasteiger partial charge in [-0.2, -0.15) is 0 Å². The highest BCUT2D eigenvalue weighted by Crippen LogP contribution is 2.14. The van der Waals surface area contributed by atoms with E-state index in [1.54, 1.807) is 0 Å². The minimum Gasteiger partial charge on any atom is -0.378 e. The summed E-state index contributed by atoms with van der Waals surface area (Å²) in [6.45, 7) is 5.75. The summed E-state index contributed by atoms with van der Waals surface area (Å²) in [6, 6.07) is 0.336. The minimum atomic E-state index is 0.336. The van der Waals surface area contributed by atoms with Gasteiger partial charge in [0, 0.05) is 19.2 Å². The number of nitrogens with one attached hydrogen (secondary N) is 2. The second-order valence-electron chi connectivity index (χ2n) is 4.10. The highest BCUT2D eigenvalue weighted by molar-refractivity contribution is 5.79. The van der Waals surface area contributed by atoms with E-state index in [1.807, 2.05) is 13.8 Å². The molecule has 0 saturated carbocycles. The van der Waals surface area contributed by atoms with E-state index in [4.69, 9.17) is 10.6 Å². The Hall–Kier alpha value is -0.810. The molecule has 1 atom stereocenters. The van der Waals surface area contributed by atoms with Crippen molar-refractivity contribution in [2.24, 2.45) is 10.8 Å². The first-order valence-corrected chi connectivity index (χ1v) is 5.61. The van der Waals surface area contributed by atoms with Gasteiger partial charge in [-0.05, 0) is 33.1 Å². The maximum Gasteiger partial charge on any atom is 0.205 e. The average molecular weight is 214 g/mol. The standard InChI is InChI=1S/C10H22N4O/c1-8(2)13-10(14-11)12-6-5-9-4-3-7-15-9/h8-9H,3-7,11H2,1-2H3,(H2,12,13,14). The van der Waals surface area contributed by atoms with Gasteiger partial charge in [-0.1, -0.05) is 0 Å². The van der Waals surface area contributed by atoms with Crippen LogP contribution in [0.25, 0.3) is 0 Å².